The van der Waals surface area contributed by atoms with Crippen LogP contribution in [0.4, 0.5) is 0 Å². The first-order valence-electron chi connectivity index (χ1n) is 5.33. The van der Waals surface area contributed by atoms with Gasteiger partial charge >= 0.3 is 5.97 Å². The Kier molecular flexibility index (Phi) is 4.79. The normalized spacial score (nSPS) is 12.3. The summed E-state index contributed by atoms with van der Waals surface area (Å²) in [6.45, 7) is 2.68. The highest BCUT2D eigenvalue weighted by Gasteiger charge is 2.04. The SMILES string of the molecule is CC(NCCCC(=O)O)c1ccc(O)cc1. The fourth-order valence-corrected chi connectivity index (χ4v) is 1.44. The van der Waals surface area contributed by atoms with Crippen molar-refractivity contribution in [1.29, 1.82) is 0 Å². The molecule has 1 rings (SSSR count). The molecular weight excluding hydrogens is 206 g/mol. The van der Waals surface area contributed by atoms with Gasteiger partial charge in [-0.15, -0.1) is 0 Å². The van der Waals surface area contributed by atoms with Crippen LogP contribution in [0, 0.1) is 0 Å². The van der Waals surface area contributed by atoms with Gasteiger partial charge in [0, 0.05) is 12.5 Å². The monoisotopic (exact) mass is 223 g/mol. The molecule has 1 atom stereocenters. The number of aliphatic carboxylic acids is 1. The molecular formula is C12H17NO3. The molecule has 4 heteroatoms. The molecule has 0 aliphatic rings. The van der Waals surface area contributed by atoms with Crippen LogP contribution in [-0.2, 0) is 4.79 Å². The molecule has 1 aromatic rings. The number of hydrogen-bond acceptors (Lipinski definition) is 3. The van der Waals surface area contributed by atoms with Gasteiger partial charge < -0.3 is 15.5 Å². The van der Waals surface area contributed by atoms with Crippen LogP contribution in [0.5, 0.6) is 5.75 Å². The van der Waals surface area contributed by atoms with Gasteiger partial charge in [0.25, 0.3) is 0 Å². The predicted octanol–water partition coefficient (Wildman–Crippen LogP) is 1.91. The molecule has 3 N–H and O–H groups in total. The molecule has 0 bridgehead atoms. The van der Waals surface area contributed by atoms with Crippen LogP contribution in [-0.4, -0.2) is 22.7 Å². The van der Waals surface area contributed by atoms with Crippen LogP contribution < -0.4 is 5.32 Å². The molecule has 0 aliphatic heterocycles. The maximum absolute atomic E-state index is 10.3. The fraction of sp³-hybridized carbons (Fsp3) is 0.417. The van der Waals surface area contributed by atoms with Crippen molar-refractivity contribution >= 4 is 5.97 Å². The van der Waals surface area contributed by atoms with Crippen molar-refractivity contribution in [2.24, 2.45) is 0 Å². The Hall–Kier alpha value is -1.55. The lowest BCUT2D eigenvalue weighted by molar-refractivity contribution is -0.137. The Morgan fingerprint density at radius 2 is 2.00 bits per heavy atom. The largest absolute Gasteiger partial charge is 0.508 e. The second kappa shape index (κ2) is 6.12. The standard InChI is InChI=1S/C12H17NO3/c1-9(13-8-2-3-12(15)16)10-4-6-11(14)7-5-10/h4-7,9,13-14H,2-3,8H2,1H3,(H,15,16). The van der Waals surface area contributed by atoms with E-state index < -0.39 is 5.97 Å². The summed E-state index contributed by atoms with van der Waals surface area (Å²) < 4.78 is 0. The lowest BCUT2D eigenvalue weighted by Crippen LogP contribution is -2.20. The first-order valence-corrected chi connectivity index (χ1v) is 5.33. The summed E-state index contributed by atoms with van der Waals surface area (Å²) in [4.78, 5) is 10.3. The van der Waals surface area contributed by atoms with Crippen molar-refractivity contribution in [1.82, 2.24) is 5.32 Å². The van der Waals surface area contributed by atoms with Gasteiger partial charge in [0.15, 0.2) is 0 Å². The maximum Gasteiger partial charge on any atom is 0.303 e. The molecule has 0 radical (unpaired) electrons. The van der Waals surface area contributed by atoms with Gasteiger partial charge in [-0.25, -0.2) is 0 Å². The smallest absolute Gasteiger partial charge is 0.303 e. The lowest BCUT2D eigenvalue weighted by atomic mass is 10.1. The summed E-state index contributed by atoms with van der Waals surface area (Å²) in [6, 6.07) is 7.15. The van der Waals surface area contributed by atoms with E-state index >= 15 is 0 Å². The van der Waals surface area contributed by atoms with Gasteiger partial charge in [-0.3, -0.25) is 4.79 Å². The van der Waals surface area contributed by atoms with E-state index in [0.717, 1.165) is 5.56 Å². The van der Waals surface area contributed by atoms with E-state index in [4.69, 9.17) is 10.2 Å². The molecule has 0 spiro atoms. The maximum atomic E-state index is 10.3. The van der Waals surface area contributed by atoms with E-state index in [9.17, 15) is 4.79 Å². The van der Waals surface area contributed by atoms with Crippen molar-refractivity contribution in [3.05, 3.63) is 29.8 Å². The van der Waals surface area contributed by atoms with Crippen LogP contribution in [0.1, 0.15) is 31.4 Å². The summed E-state index contributed by atoms with van der Waals surface area (Å²) in [7, 11) is 0. The Labute approximate surface area is 94.9 Å². The van der Waals surface area contributed by atoms with E-state index in [-0.39, 0.29) is 18.2 Å². The number of phenols is 1. The average molecular weight is 223 g/mol. The van der Waals surface area contributed by atoms with Gasteiger partial charge in [0.05, 0.1) is 0 Å². The summed E-state index contributed by atoms with van der Waals surface area (Å²) in [5.41, 5.74) is 1.08. The summed E-state index contributed by atoms with van der Waals surface area (Å²) in [5, 5.41) is 20.8. The van der Waals surface area contributed by atoms with Crippen LogP contribution in [0.3, 0.4) is 0 Å². The first kappa shape index (κ1) is 12.5. The Morgan fingerprint density at radius 1 is 1.38 bits per heavy atom. The van der Waals surface area contributed by atoms with Gasteiger partial charge in [0.2, 0.25) is 0 Å². The zero-order chi connectivity index (χ0) is 12.0. The second-order valence-electron chi connectivity index (χ2n) is 3.76. The lowest BCUT2D eigenvalue weighted by Gasteiger charge is -2.13. The molecule has 1 aromatic carbocycles. The zero-order valence-electron chi connectivity index (χ0n) is 9.31. The highest BCUT2D eigenvalue weighted by Crippen LogP contribution is 2.16. The molecule has 88 valence electrons. The predicted molar refractivity (Wildman–Crippen MR) is 61.4 cm³/mol. The van der Waals surface area contributed by atoms with Gasteiger partial charge in [-0.05, 0) is 37.6 Å². The third-order valence-electron chi connectivity index (χ3n) is 2.41. The first-order chi connectivity index (χ1) is 7.59. The van der Waals surface area contributed by atoms with Crippen molar-refractivity contribution in [3.8, 4) is 5.75 Å². The minimum atomic E-state index is -0.765. The molecule has 0 saturated heterocycles. The van der Waals surface area contributed by atoms with Crippen molar-refractivity contribution in [2.75, 3.05) is 6.54 Å². The summed E-state index contributed by atoms with van der Waals surface area (Å²) in [6.07, 6.45) is 0.813. The van der Waals surface area contributed by atoms with E-state index in [1.54, 1.807) is 12.1 Å². The number of nitrogens with one attached hydrogen (secondary N) is 1. The van der Waals surface area contributed by atoms with Gasteiger partial charge in [0.1, 0.15) is 5.75 Å². The number of aromatic hydroxyl groups is 1. The molecule has 16 heavy (non-hydrogen) atoms. The molecule has 0 aliphatic carbocycles. The molecule has 0 heterocycles. The zero-order valence-corrected chi connectivity index (χ0v) is 9.31. The summed E-state index contributed by atoms with van der Waals surface area (Å²) in [5.74, 6) is -0.513. The average Bonchev–Trinajstić information content (AvgIpc) is 2.25. The highest BCUT2D eigenvalue weighted by atomic mass is 16.4. The topological polar surface area (TPSA) is 69.6 Å². The van der Waals surface area contributed by atoms with Crippen molar-refractivity contribution in [2.45, 2.75) is 25.8 Å². The Balaban J connectivity index is 2.32. The number of benzene rings is 1. The third-order valence-corrected chi connectivity index (χ3v) is 2.41. The van der Waals surface area contributed by atoms with Crippen molar-refractivity contribution < 1.29 is 15.0 Å². The molecule has 0 fully saturated rings. The van der Waals surface area contributed by atoms with Crippen LogP contribution >= 0.6 is 0 Å². The van der Waals surface area contributed by atoms with E-state index in [1.165, 1.54) is 0 Å². The van der Waals surface area contributed by atoms with Gasteiger partial charge in [-0.2, -0.15) is 0 Å². The Morgan fingerprint density at radius 3 is 2.56 bits per heavy atom. The van der Waals surface area contributed by atoms with E-state index in [1.807, 2.05) is 19.1 Å². The minimum Gasteiger partial charge on any atom is -0.508 e. The van der Waals surface area contributed by atoms with E-state index in [0.29, 0.717) is 13.0 Å². The van der Waals surface area contributed by atoms with E-state index in [2.05, 4.69) is 5.32 Å². The number of carboxylic acids is 1. The molecule has 1 unspecified atom stereocenters. The number of hydrogen-bond donors (Lipinski definition) is 3. The fourth-order valence-electron chi connectivity index (χ4n) is 1.44. The van der Waals surface area contributed by atoms with Crippen molar-refractivity contribution in [3.63, 3.8) is 0 Å². The number of carboxylic acid groups (broad SMARTS) is 1. The quantitative estimate of drug-likeness (QED) is 0.644. The van der Waals surface area contributed by atoms with Crippen LogP contribution in [0.2, 0.25) is 0 Å². The molecule has 4 nitrogen and oxygen atoms in total. The molecule has 0 amide bonds. The molecule has 0 saturated carbocycles. The van der Waals surface area contributed by atoms with Gasteiger partial charge in [-0.1, -0.05) is 12.1 Å². The number of carbonyl (C=O) groups is 1. The minimum absolute atomic E-state index is 0.161. The van der Waals surface area contributed by atoms with Crippen LogP contribution in [0.15, 0.2) is 24.3 Å². The Bertz CT molecular complexity index is 335. The highest BCUT2D eigenvalue weighted by molar-refractivity contribution is 5.66. The third kappa shape index (κ3) is 4.31. The number of phenolic OH excluding ortho intramolecular Hbond substituents is 1. The second-order valence-corrected chi connectivity index (χ2v) is 3.76. The molecule has 0 aromatic heterocycles. The summed E-state index contributed by atoms with van der Waals surface area (Å²) >= 11 is 0. The van der Waals surface area contributed by atoms with Crippen LogP contribution in [0.25, 0.3) is 0 Å². The number of rotatable bonds is 6.